The Morgan fingerprint density at radius 1 is 1.21 bits per heavy atom. The van der Waals surface area contributed by atoms with E-state index in [1.54, 1.807) is 18.2 Å². The molecule has 2 rings (SSSR count). The van der Waals surface area contributed by atoms with E-state index < -0.39 is 4.92 Å². The van der Waals surface area contributed by atoms with Crippen molar-refractivity contribution in [3.8, 4) is 0 Å². The van der Waals surface area contributed by atoms with Crippen molar-refractivity contribution in [1.82, 2.24) is 0 Å². The molecule has 4 nitrogen and oxygen atoms in total. The molecule has 19 heavy (non-hydrogen) atoms. The molecule has 5 heteroatoms. The lowest BCUT2D eigenvalue weighted by atomic mass is 10.1. The van der Waals surface area contributed by atoms with Crippen molar-refractivity contribution < 1.29 is 9.31 Å². The molecule has 0 aliphatic heterocycles. The number of halogens is 1. The third-order valence-electron chi connectivity index (χ3n) is 2.81. The van der Waals surface area contributed by atoms with Gasteiger partial charge in [0.15, 0.2) is 0 Å². The molecule has 0 radical (unpaired) electrons. The first-order valence-electron chi connectivity index (χ1n) is 5.83. The van der Waals surface area contributed by atoms with Gasteiger partial charge in [0.25, 0.3) is 5.69 Å². The second kappa shape index (κ2) is 5.48. The number of hydrogen-bond acceptors (Lipinski definition) is 3. The molecular weight excluding hydrogens is 247 g/mol. The summed E-state index contributed by atoms with van der Waals surface area (Å²) >= 11 is 0. The second-order valence-corrected chi connectivity index (χ2v) is 4.23. The van der Waals surface area contributed by atoms with Crippen LogP contribution in [0.2, 0.25) is 0 Å². The molecule has 0 spiro atoms. The Kier molecular flexibility index (Phi) is 3.75. The zero-order valence-corrected chi connectivity index (χ0v) is 10.3. The molecule has 1 atom stereocenters. The number of nitro benzene ring substituents is 1. The Hall–Kier alpha value is -2.43. The number of nitro groups is 1. The van der Waals surface area contributed by atoms with Crippen LogP contribution in [0.4, 0.5) is 15.8 Å². The second-order valence-electron chi connectivity index (χ2n) is 4.23. The van der Waals surface area contributed by atoms with Gasteiger partial charge in [-0.05, 0) is 36.8 Å². The third kappa shape index (κ3) is 3.28. The van der Waals surface area contributed by atoms with Gasteiger partial charge in [0, 0.05) is 23.9 Å². The fourth-order valence-corrected chi connectivity index (χ4v) is 1.79. The van der Waals surface area contributed by atoms with E-state index in [0.29, 0.717) is 0 Å². The van der Waals surface area contributed by atoms with Crippen molar-refractivity contribution in [3.63, 3.8) is 0 Å². The zero-order valence-electron chi connectivity index (χ0n) is 10.3. The van der Waals surface area contributed by atoms with E-state index in [9.17, 15) is 14.5 Å². The average Bonchev–Trinajstić information content (AvgIpc) is 2.39. The van der Waals surface area contributed by atoms with Crippen molar-refractivity contribution in [2.75, 3.05) is 5.32 Å². The van der Waals surface area contributed by atoms with Gasteiger partial charge in [-0.2, -0.15) is 0 Å². The normalized spacial score (nSPS) is 11.9. The molecule has 1 unspecified atom stereocenters. The highest BCUT2D eigenvalue weighted by molar-refractivity contribution is 5.49. The molecule has 0 bridgehead atoms. The van der Waals surface area contributed by atoms with Crippen LogP contribution < -0.4 is 5.32 Å². The van der Waals surface area contributed by atoms with E-state index in [1.165, 1.54) is 24.3 Å². The summed E-state index contributed by atoms with van der Waals surface area (Å²) in [6.07, 6.45) is 0. The molecule has 1 N–H and O–H groups in total. The lowest BCUT2D eigenvalue weighted by Gasteiger charge is -2.15. The molecular formula is C14H13FN2O2. The van der Waals surface area contributed by atoms with Crippen LogP contribution in [0.1, 0.15) is 18.5 Å². The first-order valence-corrected chi connectivity index (χ1v) is 5.83. The highest BCUT2D eigenvalue weighted by Gasteiger charge is 2.08. The van der Waals surface area contributed by atoms with Gasteiger partial charge in [-0.1, -0.05) is 12.1 Å². The van der Waals surface area contributed by atoms with Crippen LogP contribution in [0.25, 0.3) is 0 Å². The van der Waals surface area contributed by atoms with E-state index in [-0.39, 0.29) is 17.5 Å². The molecule has 0 aliphatic carbocycles. The quantitative estimate of drug-likeness (QED) is 0.669. The molecule has 0 saturated carbocycles. The van der Waals surface area contributed by atoms with Gasteiger partial charge in [0.1, 0.15) is 5.82 Å². The Morgan fingerprint density at radius 3 is 2.47 bits per heavy atom. The minimum absolute atomic E-state index is 0.0453. The predicted molar refractivity (Wildman–Crippen MR) is 71.5 cm³/mol. The van der Waals surface area contributed by atoms with Crippen molar-refractivity contribution in [2.24, 2.45) is 0 Å². The highest BCUT2D eigenvalue weighted by Crippen LogP contribution is 2.21. The van der Waals surface area contributed by atoms with Crippen LogP contribution in [-0.2, 0) is 0 Å². The van der Waals surface area contributed by atoms with Gasteiger partial charge in [0.05, 0.1) is 4.92 Å². The Bertz CT molecular complexity index is 584. The van der Waals surface area contributed by atoms with Gasteiger partial charge in [-0.15, -0.1) is 0 Å². The van der Waals surface area contributed by atoms with Crippen LogP contribution >= 0.6 is 0 Å². The van der Waals surface area contributed by atoms with Crippen LogP contribution in [0.15, 0.2) is 48.5 Å². The number of benzene rings is 2. The van der Waals surface area contributed by atoms with Gasteiger partial charge in [0.2, 0.25) is 0 Å². The number of anilines is 1. The third-order valence-corrected chi connectivity index (χ3v) is 2.81. The first-order chi connectivity index (χ1) is 9.06. The molecule has 0 saturated heterocycles. The van der Waals surface area contributed by atoms with Gasteiger partial charge < -0.3 is 5.32 Å². The zero-order chi connectivity index (χ0) is 13.8. The van der Waals surface area contributed by atoms with Crippen LogP contribution in [-0.4, -0.2) is 4.92 Å². The van der Waals surface area contributed by atoms with Crippen molar-refractivity contribution in [2.45, 2.75) is 13.0 Å². The number of hydrogen-bond donors (Lipinski definition) is 1. The standard InChI is InChI=1S/C14H13FN2O2/c1-10(11-3-2-4-12(15)9-11)16-13-5-7-14(8-6-13)17(18)19/h2-10,16H,1H3. The number of rotatable bonds is 4. The SMILES string of the molecule is CC(Nc1ccc([N+](=O)[O-])cc1)c1cccc(F)c1. The average molecular weight is 260 g/mol. The van der Waals surface area contributed by atoms with Gasteiger partial charge in [-0.3, -0.25) is 10.1 Å². The highest BCUT2D eigenvalue weighted by atomic mass is 19.1. The minimum atomic E-state index is -0.445. The lowest BCUT2D eigenvalue weighted by Crippen LogP contribution is -2.06. The molecule has 0 heterocycles. The summed E-state index contributed by atoms with van der Waals surface area (Å²) in [5.41, 5.74) is 1.62. The van der Waals surface area contributed by atoms with Gasteiger partial charge in [-0.25, -0.2) is 4.39 Å². The summed E-state index contributed by atoms with van der Waals surface area (Å²) in [5, 5.41) is 13.7. The minimum Gasteiger partial charge on any atom is -0.379 e. The molecule has 2 aromatic rings. The Morgan fingerprint density at radius 2 is 1.89 bits per heavy atom. The number of non-ortho nitro benzene ring substituents is 1. The summed E-state index contributed by atoms with van der Waals surface area (Å²) in [4.78, 5) is 10.1. The summed E-state index contributed by atoms with van der Waals surface area (Å²) in [6.45, 7) is 1.90. The van der Waals surface area contributed by atoms with E-state index in [0.717, 1.165) is 11.3 Å². The maximum atomic E-state index is 13.1. The maximum absolute atomic E-state index is 13.1. The number of nitrogens with zero attached hydrogens (tertiary/aromatic N) is 1. The van der Waals surface area contributed by atoms with Crippen molar-refractivity contribution >= 4 is 11.4 Å². The van der Waals surface area contributed by atoms with E-state index in [1.807, 2.05) is 13.0 Å². The topological polar surface area (TPSA) is 55.2 Å². The van der Waals surface area contributed by atoms with E-state index in [2.05, 4.69) is 5.32 Å². The van der Waals surface area contributed by atoms with Crippen LogP contribution in [0.3, 0.4) is 0 Å². The molecule has 0 fully saturated rings. The van der Waals surface area contributed by atoms with Crippen LogP contribution in [0.5, 0.6) is 0 Å². The molecule has 0 aromatic heterocycles. The largest absolute Gasteiger partial charge is 0.379 e. The summed E-state index contributed by atoms with van der Waals surface area (Å²) in [7, 11) is 0. The Balaban J connectivity index is 2.10. The molecule has 0 aliphatic rings. The van der Waals surface area contributed by atoms with E-state index in [4.69, 9.17) is 0 Å². The summed E-state index contributed by atoms with van der Waals surface area (Å²) < 4.78 is 13.1. The van der Waals surface area contributed by atoms with Crippen LogP contribution in [0, 0.1) is 15.9 Å². The fourth-order valence-electron chi connectivity index (χ4n) is 1.79. The Labute approximate surface area is 110 Å². The monoisotopic (exact) mass is 260 g/mol. The van der Waals surface area contributed by atoms with Crippen molar-refractivity contribution in [3.05, 3.63) is 70.0 Å². The summed E-state index contributed by atoms with van der Waals surface area (Å²) in [6, 6.07) is 12.4. The number of nitrogens with one attached hydrogen (secondary N) is 1. The molecule has 2 aromatic carbocycles. The fraction of sp³-hybridized carbons (Fsp3) is 0.143. The predicted octanol–water partition coefficient (Wildman–Crippen LogP) is 3.91. The smallest absolute Gasteiger partial charge is 0.269 e. The molecule has 0 amide bonds. The summed E-state index contributed by atoms with van der Waals surface area (Å²) in [5.74, 6) is -0.283. The lowest BCUT2D eigenvalue weighted by molar-refractivity contribution is -0.384. The van der Waals surface area contributed by atoms with E-state index >= 15 is 0 Å². The first kappa shape index (κ1) is 13.0. The molecule has 98 valence electrons. The van der Waals surface area contributed by atoms with Gasteiger partial charge >= 0.3 is 0 Å². The van der Waals surface area contributed by atoms with Crippen molar-refractivity contribution in [1.29, 1.82) is 0 Å². The maximum Gasteiger partial charge on any atom is 0.269 e.